The molecule has 0 spiro atoms. The number of rotatable bonds is 2. The van der Waals surface area contributed by atoms with Crippen molar-refractivity contribution in [1.82, 2.24) is 0 Å². The van der Waals surface area contributed by atoms with Crippen LogP contribution in [-0.2, 0) is 19.1 Å². The minimum atomic E-state index is -1.47. The molecule has 25 heavy (non-hydrogen) atoms. The minimum Gasteiger partial charge on any atom is -0.459 e. The zero-order valence-electron chi connectivity index (χ0n) is 15.2. The van der Waals surface area contributed by atoms with Crippen molar-refractivity contribution in [2.75, 3.05) is 0 Å². The van der Waals surface area contributed by atoms with E-state index in [-0.39, 0.29) is 17.8 Å². The minimum absolute atomic E-state index is 0.183. The van der Waals surface area contributed by atoms with Crippen LogP contribution in [0.2, 0.25) is 0 Å². The maximum absolute atomic E-state index is 12.3. The summed E-state index contributed by atoms with van der Waals surface area (Å²) in [5.74, 6) is -1.37. The molecule has 1 saturated carbocycles. The van der Waals surface area contributed by atoms with Crippen LogP contribution < -0.4 is 0 Å². The molecule has 5 heteroatoms. The third kappa shape index (κ3) is 2.56. The first-order chi connectivity index (χ1) is 11.6. The molecule has 3 rings (SSSR count). The van der Waals surface area contributed by atoms with E-state index in [2.05, 4.69) is 6.58 Å². The number of allylic oxidation sites excluding steroid dienone is 2. The van der Waals surface area contributed by atoms with Gasteiger partial charge in [-0.25, -0.2) is 9.59 Å². The average molecular weight is 346 g/mol. The number of carbonyl (C=O) groups excluding carboxylic acids is 2. The van der Waals surface area contributed by atoms with Crippen LogP contribution in [0.4, 0.5) is 0 Å². The Hall–Kier alpha value is -1.88. The van der Waals surface area contributed by atoms with Gasteiger partial charge in [0.15, 0.2) is 5.60 Å². The van der Waals surface area contributed by atoms with E-state index in [4.69, 9.17) is 9.47 Å². The number of carbonyl (C=O) groups is 2. The quantitative estimate of drug-likeness (QED) is 0.615. The van der Waals surface area contributed by atoms with Crippen LogP contribution in [-0.4, -0.2) is 34.9 Å². The summed E-state index contributed by atoms with van der Waals surface area (Å²) in [4.78, 5) is 24.4. The van der Waals surface area contributed by atoms with Crippen molar-refractivity contribution < 1.29 is 24.2 Å². The fourth-order valence-electron chi connectivity index (χ4n) is 4.53. The Labute approximate surface area is 148 Å². The zero-order valence-corrected chi connectivity index (χ0v) is 15.2. The first-order valence-electron chi connectivity index (χ1n) is 8.77. The third-order valence-electron chi connectivity index (χ3n) is 6.33. The van der Waals surface area contributed by atoms with Gasteiger partial charge in [0.05, 0.1) is 0 Å². The second kappa shape index (κ2) is 5.84. The van der Waals surface area contributed by atoms with Crippen molar-refractivity contribution in [3.63, 3.8) is 0 Å². The van der Waals surface area contributed by atoms with Crippen LogP contribution in [0.15, 0.2) is 36.0 Å². The van der Waals surface area contributed by atoms with E-state index in [0.29, 0.717) is 18.4 Å². The number of fused-ring (bicyclic) bond motifs is 3. The molecule has 1 saturated heterocycles. The highest BCUT2D eigenvalue weighted by atomic mass is 16.6. The molecule has 0 aromatic heterocycles. The fourth-order valence-corrected chi connectivity index (χ4v) is 4.53. The normalized spacial score (nSPS) is 43.3. The number of hydrogen-bond acceptors (Lipinski definition) is 5. The molecule has 5 nitrogen and oxygen atoms in total. The first kappa shape index (κ1) is 17.9. The standard InChI is InChI=1S/C20H26O5/c1-6-11(2)17(21)24-14-8-7-12(3)15-16-13(9-10-19(14,15)4)20(5,23)18(22)25-16/h6-8,13-16,23H,3,9-10H2,1-2,4-5H3/b11-6+/t13-,14+,15-,16+,19+,20-/m1/s1. The molecule has 0 unspecified atom stereocenters. The zero-order chi connectivity index (χ0) is 18.6. The van der Waals surface area contributed by atoms with Crippen molar-refractivity contribution in [3.8, 4) is 0 Å². The van der Waals surface area contributed by atoms with Gasteiger partial charge in [0, 0.05) is 22.8 Å². The van der Waals surface area contributed by atoms with Gasteiger partial charge in [0.2, 0.25) is 0 Å². The van der Waals surface area contributed by atoms with Gasteiger partial charge in [-0.05, 0) is 45.3 Å². The van der Waals surface area contributed by atoms with E-state index in [1.54, 1.807) is 19.9 Å². The van der Waals surface area contributed by atoms with E-state index < -0.39 is 29.2 Å². The lowest BCUT2D eigenvalue weighted by Crippen LogP contribution is -2.55. The largest absolute Gasteiger partial charge is 0.459 e. The smallest absolute Gasteiger partial charge is 0.338 e. The predicted octanol–water partition coefficient (Wildman–Crippen LogP) is 2.70. The third-order valence-corrected chi connectivity index (χ3v) is 6.33. The molecular weight excluding hydrogens is 320 g/mol. The highest BCUT2D eigenvalue weighted by molar-refractivity contribution is 5.88. The maximum atomic E-state index is 12.3. The molecular formula is C20H26O5. The van der Waals surface area contributed by atoms with Crippen LogP contribution in [0.5, 0.6) is 0 Å². The van der Waals surface area contributed by atoms with E-state index >= 15 is 0 Å². The summed E-state index contributed by atoms with van der Waals surface area (Å²) in [6, 6.07) is 0. The van der Waals surface area contributed by atoms with Crippen LogP contribution >= 0.6 is 0 Å². The highest BCUT2D eigenvalue weighted by Crippen LogP contribution is 2.57. The molecule has 3 aliphatic rings. The van der Waals surface area contributed by atoms with Gasteiger partial charge in [-0.2, -0.15) is 0 Å². The fraction of sp³-hybridized carbons (Fsp3) is 0.600. The second-order valence-electron chi connectivity index (χ2n) is 7.88. The molecule has 2 fully saturated rings. The second-order valence-corrected chi connectivity index (χ2v) is 7.88. The van der Waals surface area contributed by atoms with Gasteiger partial charge in [-0.3, -0.25) is 0 Å². The van der Waals surface area contributed by atoms with Gasteiger partial charge in [-0.1, -0.05) is 25.7 Å². The Morgan fingerprint density at radius 2 is 2.16 bits per heavy atom. The van der Waals surface area contributed by atoms with Gasteiger partial charge < -0.3 is 14.6 Å². The predicted molar refractivity (Wildman–Crippen MR) is 92.4 cm³/mol. The van der Waals surface area contributed by atoms with E-state index in [1.165, 1.54) is 6.92 Å². The van der Waals surface area contributed by atoms with Crippen molar-refractivity contribution in [2.24, 2.45) is 17.3 Å². The summed E-state index contributed by atoms with van der Waals surface area (Å²) in [7, 11) is 0. The molecule has 0 aromatic rings. The van der Waals surface area contributed by atoms with Crippen LogP contribution in [0.1, 0.15) is 40.5 Å². The van der Waals surface area contributed by atoms with Crippen LogP contribution in [0.3, 0.4) is 0 Å². The number of hydrogen-bond donors (Lipinski definition) is 1. The molecule has 0 bridgehead atoms. The Kier molecular flexibility index (Phi) is 4.18. The Balaban J connectivity index is 1.94. The van der Waals surface area contributed by atoms with Crippen molar-refractivity contribution >= 4 is 11.9 Å². The van der Waals surface area contributed by atoms with Crippen molar-refractivity contribution in [3.05, 3.63) is 36.0 Å². The van der Waals surface area contributed by atoms with Gasteiger partial charge in [-0.15, -0.1) is 0 Å². The number of esters is 2. The summed E-state index contributed by atoms with van der Waals surface area (Å²) in [5.41, 5.74) is -0.488. The number of aliphatic hydroxyl groups is 1. The van der Waals surface area contributed by atoms with Crippen LogP contribution in [0.25, 0.3) is 0 Å². The molecule has 1 aliphatic heterocycles. The molecule has 1 heterocycles. The monoisotopic (exact) mass is 346 g/mol. The summed E-state index contributed by atoms with van der Waals surface area (Å²) < 4.78 is 11.3. The van der Waals surface area contributed by atoms with E-state index in [1.807, 2.05) is 19.1 Å². The Morgan fingerprint density at radius 3 is 2.80 bits per heavy atom. The summed E-state index contributed by atoms with van der Waals surface area (Å²) in [6.07, 6.45) is 5.92. The molecule has 2 aliphatic carbocycles. The van der Waals surface area contributed by atoms with Crippen molar-refractivity contribution in [1.29, 1.82) is 0 Å². The molecule has 0 radical (unpaired) electrons. The van der Waals surface area contributed by atoms with E-state index in [9.17, 15) is 14.7 Å². The lowest BCUT2D eigenvalue weighted by atomic mass is 9.55. The molecule has 0 aromatic carbocycles. The Morgan fingerprint density at radius 1 is 1.48 bits per heavy atom. The van der Waals surface area contributed by atoms with Gasteiger partial charge in [0.25, 0.3) is 0 Å². The van der Waals surface area contributed by atoms with Gasteiger partial charge >= 0.3 is 11.9 Å². The van der Waals surface area contributed by atoms with Crippen LogP contribution in [0, 0.1) is 17.3 Å². The molecule has 1 N–H and O–H groups in total. The van der Waals surface area contributed by atoms with Crippen molar-refractivity contribution in [2.45, 2.75) is 58.3 Å². The molecule has 6 atom stereocenters. The van der Waals surface area contributed by atoms with E-state index in [0.717, 1.165) is 5.57 Å². The summed E-state index contributed by atoms with van der Waals surface area (Å²) in [5, 5.41) is 10.5. The molecule has 0 amide bonds. The highest BCUT2D eigenvalue weighted by Gasteiger charge is 2.63. The SMILES string of the molecule is C=C1C=C[C@H](OC(=O)/C(C)=C/C)[C@]2(C)CC[C@@H]3[C@H](OC(=O)[C@]3(C)O)[C@@H]12. The topological polar surface area (TPSA) is 72.8 Å². The summed E-state index contributed by atoms with van der Waals surface area (Å²) in [6.45, 7) is 11.2. The lowest BCUT2D eigenvalue weighted by Gasteiger charge is -2.51. The maximum Gasteiger partial charge on any atom is 0.338 e. The molecule has 136 valence electrons. The van der Waals surface area contributed by atoms with Gasteiger partial charge in [0.1, 0.15) is 12.2 Å². The Bertz CT molecular complexity index is 686. The average Bonchev–Trinajstić information content (AvgIpc) is 2.78. The summed E-state index contributed by atoms with van der Waals surface area (Å²) >= 11 is 0. The first-order valence-corrected chi connectivity index (χ1v) is 8.77. The lowest BCUT2D eigenvalue weighted by molar-refractivity contribution is -0.161. The number of ether oxygens (including phenoxy) is 2.